The van der Waals surface area contributed by atoms with E-state index in [1.54, 1.807) is 48.5 Å². The van der Waals surface area contributed by atoms with Crippen molar-refractivity contribution in [3.63, 3.8) is 0 Å². The van der Waals surface area contributed by atoms with E-state index in [0.29, 0.717) is 22.9 Å². The van der Waals surface area contributed by atoms with E-state index in [0.717, 1.165) is 9.87 Å². The summed E-state index contributed by atoms with van der Waals surface area (Å²) < 4.78 is 40.6. The highest BCUT2D eigenvalue weighted by atomic mass is 35.5. The lowest BCUT2D eigenvalue weighted by Gasteiger charge is -2.34. The van der Waals surface area contributed by atoms with Gasteiger partial charge >= 0.3 is 0 Å². The summed E-state index contributed by atoms with van der Waals surface area (Å²) in [5, 5.41) is 3.58. The molecule has 4 rings (SSSR count). The van der Waals surface area contributed by atoms with Crippen molar-refractivity contribution in [3.05, 3.63) is 118 Å². The van der Waals surface area contributed by atoms with Gasteiger partial charge < -0.3 is 19.7 Å². The molecule has 4 aromatic rings. The zero-order chi connectivity index (χ0) is 34.8. The first-order valence-electron chi connectivity index (χ1n) is 15.3. The van der Waals surface area contributed by atoms with Crippen LogP contribution in [0, 0.1) is 5.92 Å². The van der Waals surface area contributed by atoms with E-state index in [-0.39, 0.29) is 46.1 Å². The molecule has 0 aliphatic heterocycles. The van der Waals surface area contributed by atoms with Gasteiger partial charge in [0.2, 0.25) is 11.8 Å². The predicted molar refractivity (Wildman–Crippen MR) is 189 cm³/mol. The number of sulfonamides is 1. The Hall–Kier alpha value is -4.25. The number of anilines is 1. The van der Waals surface area contributed by atoms with E-state index in [9.17, 15) is 18.0 Å². The maximum absolute atomic E-state index is 14.7. The van der Waals surface area contributed by atoms with E-state index in [1.165, 1.54) is 37.3 Å². The molecule has 2 amide bonds. The van der Waals surface area contributed by atoms with Crippen LogP contribution in [0.2, 0.25) is 10.0 Å². The first-order valence-corrected chi connectivity index (χ1v) is 17.5. The Morgan fingerprint density at radius 3 is 2.08 bits per heavy atom. The molecule has 0 heterocycles. The van der Waals surface area contributed by atoms with E-state index in [2.05, 4.69) is 5.32 Å². The minimum absolute atomic E-state index is 0.0331. The van der Waals surface area contributed by atoms with Crippen LogP contribution in [-0.2, 0) is 32.6 Å². The maximum atomic E-state index is 14.7. The first-order chi connectivity index (χ1) is 22.9. The van der Waals surface area contributed by atoms with Crippen molar-refractivity contribution >= 4 is 50.7 Å². The third kappa shape index (κ3) is 9.21. The van der Waals surface area contributed by atoms with Gasteiger partial charge in [0.15, 0.2) is 0 Å². The van der Waals surface area contributed by atoms with Crippen LogP contribution in [0.1, 0.15) is 25.0 Å². The Kier molecular flexibility index (Phi) is 12.7. The maximum Gasteiger partial charge on any atom is 0.264 e. The summed E-state index contributed by atoms with van der Waals surface area (Å²) in [5.74, 6) is -0.301. The molecule has 0 saturated carbocycles. The number of hydrogen-bond acceptors (Lipinski definition) is 6. The first kappa shape index (κ1) is 36.6. The molecule has 0 radical (unpaired) electrons. The minimum atomic E-state index is -4.34. The van der Waals surface area contributed by atoms with Crippen LogP contribution in [0.3, 0.4) is 0 Å². The molecule has 0 fully saturated rings. The summed E-state index contributed by atoms with van der Waals surface area (Å²) >= 11 is 12.6. The Morgan fingerprint density at radius 1 is 0.812 bits per heavy atom. The number of nitrogens with zero attached hydrogens (tertiary/aromatic N) is 2. The Bertz CT molecular complexity index is 1810. The van der Waals surface area contributed by atoms with Gasteiger partial charge in [0.25, 0.3) is 10.0 Å². The van der Waals surface area contributed by atoms with Crippen LogP contribution in [0.5, 0.6) is 11.5 Å². The normalized spacial score (nSPS) is 11.9. The van der Waals surface area contributed by atoms with Crippen LogP contribution in [-0.4, -0.2) is 58.5 Å². The van der Waals surface area contributed by atoms with Gasteiger partial charge in [-0.1, -0.05) is 91.6 Å². The second kappa shape index (κ2) is 16.7. The van der Waals surface area contributed by atoms with Gasteiger partial charge in [-0.2, -0.15) is 0 Å². The smallest absolute Gasteiger partial charge is 0.264 e. The molecule has 1 atom stereocenters. The van der Waals surface area contributed by atoms with E-state index in [4.69, 9.17) is 32.7 Å². The topological polar surface area (TPSA) is 105 Å². The van der Waals surface area contributed by atoms with Crippen molar-refractivity contribution < 1.29 is 27.5 Å². The van der Waals surface area contributed by atoms with Crippen molar-refractivity contribution in [1.82, 2.24) is 10.2 Å². The molecule has 12 heteroatoms. The third-order valence-electron chi connectivity index (χ3n) is 7.56. The number of carbonyl (C=O) groups is 2. The fourth-order valence-corrected chi connectivity index (χ4v) is 6.79. The predicted octanol–water partition coefficient (Wildman–Crippen LogP) is 6.62. The molecule has 48 heavy (non-hydrogen) atoms. The molecular weight excluding hydrogens is 673 g/mol. The molecule has 0 aliphatic rings. The Morgan fingerprint density at radius 2 is 1.48 bits per heavy atom. The molecule has 0 unspecified atom stereocenters. The van der Waals surface area contributed by atoms with Gasteiger partial charge in [0.05, 0.1) is 34.8 Å². The molecule has 0 spiro atoms. The number of amides is 2. The number of nitrogens with one attached hydrogen (secondary N) is 1. The van der Waals surface area contributed by atoms with Crippen molar-refractivity contribution in [2.45, 2.75) is 37.8 Å². The second-order valence-electron chi connectivity index (χ2n) is 11.5. The number of halogens is 2. The summed E-state index contributed by atoms with van der Waals surface area (Å²) in [5.41, 5.74) is 1.51. The lowest BCUT2D eigenvalue weighted by Crippen LogP contribution is -2.53. The molecule has 254 valence electrons. The molecule has 0 aliphatic carbocycles. The summed E-state index contributed by atoms with van der Waals surface area (Å²) in [7, 11) is -1.48. The number of methoxy groups -OCH3 is 2. The average molecular weight is 713 g/mol. The van der Waals surface area contributed by atoms with Gasteiger partial charge in [-0.3, -0.25) is 13.9 Å². The standard InChI is InChI=1S/C36H39Cl2N3O6S/c1-25(2)22-39-36(43)33(20-26-11-7-5-8-12-26)40(23-27-15-17-30(37)31(38)19-27)35(42)24-41(48(44,45)29-13-9-6-10-14-29)32-21-28(46-3)16-18-34(32)47-4/h5-19,21,25,33H,20,22-24H2,1-4H3,(H,39,43)/t33-/m1/s1. The lowest BCUT2D eigenvalue weighted by molar-refractivity contribution is -0.140. The van der Waals surface area contributed by atoms with Crippen LogP contribution < -0.4 is 19.1 Å². The van der Waals surface area contributed by atoms with Crippen LogP contribution in [0.15, 0.2) is 102 Å². The van der Waals surface area contributed by atoms with Crippen molar-refractivity contribution in [3.8, 4) is 11.5 Å². The van der Waals surface area contributed by atoms with Gasteiger partial charge in [-0.15, -0.1) is 0 Å². The second-order valence-corrected chi connectivity index (χ2v) is 14.2. The highest BCUT2D eigenvalue weighted by Gasteiger charge is 2.36. The fraction of sp³-hybridized carbons (Fsp3) is 0.278. The minimum Gasteiger partial charge on any atom is -0.497 e. The molecule has 1 N–H and O–H groups in total. The van der Waals surface area contributed by atoms with Gasteiger partial charge in [-0.25, -0.2) is 8.42 Å². The zero-order valence-electron chi connectivity index (χ0n) is 27.2. The summed E-state index contributed by atoms with van der Waals surface area (Å²) in [4.78, 5) is 30.0. The SMILES string of the molecule is COc1ccc(OC)c(N(CC(=O)N(Cc2ccc(Cl)c(Cl)c2)[C@H](Cc2ccccc2)C(=O)NCC(C)C)S(=O)(=O)c2ccccc2)c1. The van der Waals surface area contributed by atoms with Crippen molar-refractivity contribution in [2.24, 2.45) is 5.92 Å². The summed E-state index contributed by atoms with van der Waals surface area (Å²) in [6, 6.07) is 25.7. The Labute approximate surface area is 292 Å². The average Bonchev–Trinajstić information content (AvgIpc) is 3.09. The number of rotatable bonds is 15. The summed E-state index contributed by atoms with van der Waals surface area (Å²) in [6.07, 6.45) is 0.172. The Balaban J connectivity index is 1.87. The summed E-state index contributed by atoms with van der Waals surface area (Å²) in [6.45, 7) is 3.61. The van der Waals surface area contributed by atoms with Gasteiger partial charge in [0.1, 0.15) is 24.1 Å². The number of benzene rings is 4. The highest BCUT2D eigenvalue weighted by Crippen LogP contribution is 2.36. The van der Waals surface area contributed by atoms with Crippen molar-refractivity contribution in [2.75, 3.05) is 31.6 Å². The number of ether oxygens (including phenoxy) is 2. The van der Waals surface area contributed by atoms with Gasteiger partial charge in [0, 0.05) is 25.6 Å². The van der Waals surface area contributed by atoms with Crippen molar-refractivity contribution in [1.29, 1.82) is 0 Å². The molecular formula is C36H39Cl2N3O6S. The molecule has 9 nitrogen and oxygen atoms in total. The van der Waals surface area contributed by atoms with Gasteiger partial charge in [-0.05, 0) is 53.4 Å². The van der Waals surface area contributed by atoms with Crippen LogP contribution in [0.25, 0.3) is 0 Å². The zero-order valence-corrected chi connectivity index (χ0v) is 29.6. The third-order valence-corrected chi connectivity index (χ3v) is 10.1. The molecule has 0 bridgehead atoms. The molecule has 0 saturated heterocycles. The largest absolute Gasteiger partial charge is 0.497 e. The van der Waals surface area contributed by atoms with Crippen LogP contribution in [0.4, 0.5) is 5.69 Å². The lowest BCUT2D eigenvalue weighted by atomic mass is 10.0. The molecule has 0 aromatic heterocycles. The fourth-order valence-electron chi connectivity index (χ4n) is 5.04. The quantitative estimate of drug-likeness (QED) is 0.149. The van der Waals surface area contributed by atoms with Crippen LogP contribution >= 0.6 is 23.2 Å². The highest BCUT2D eigenvalue weighted by molar-refractivity contribution is 7.92. The number of carbonyl (C=O) groups excluding carboxylic acids is 2. The molecule has 4 aromatic carbocycles. The van der Waals surface area contributed by atoms with E-state index in [1.807, 2.05) is 44.2 Å². The van der Waals surface area contributed by atoms with E-state index >= 15 is 0 Å². The monoisotopic (exact) mass is 711 g/mol. The van der Waals surface area contributed by atoms with E-state index < -0.39 is 28.5 Å². The number of hydrogen-bond donors (Lipinski definition) is 1.